The maximum atomic E-state index is 6.98. The molecule has 0 bridgehead atoms. The normalized spacial score (nSPS) is 10.3. The zero-order chi connectivity index (χ0) is 9.68. The average Bonchev–Trinajstić information content (AvgIpc) is 2.53. The van der Waals surface area contributed by atoms with Crippen LogP contribution in [0.1, 0.15) is 5.56 Å². The van der Waals surface area contributed by atoms with Crippen LogP contribution in [0.2, 0.25) is 0 Å². The molecule has 4 N–H and O–H groups in total. The van der Waals surface area contributed by atoms with Gasteiger partial charge < -0.3 is 11.1 Å². The Morgan fingerprint density at radius 2 is 2.54 bits per heavy atom. The Hall–Kier alpha value is -1.07. The van der Waals surface area contributed by atoms with Crippen LogP contribution in [0.5, 0.6) is 0 Å². The summed E-state index contributed by atoms with van der Waals surface area (Å²) in [6.45, 7) is 1.48. The van der Waals surface area contributed by atoms with Crippen LogP contribution in [-0.2, 0) is 6.54 Å². The van der Waals surface area contributed by atoms with Crippen LogP contribution in [0.3, 0.4) is 0 Å². The van der Waals surface area contributed by atoms with E-state index in [0.717, 1.165) is 6.54 Å². The van der Waals surface area contributed by atoms with Gasteiger partial charge in [0, 0.05) is 6.54 Å². The summed E-state index contributed by atoms with van der Waals surface area (Å²) in [6.07, 6.45) is 0. The van der Waals surface area contributed by atoms with E-state index >= 15 is 0 Å². The molecule has 0 aliphatic rings. The number of nitrogens with two attached hydrogens (primary N) is 1. The first-order valence-corrected chi connectivity index (χ1v) is 4.90. The first-order chi connectivity index (χ1) is 6.18. The van der Waals surface area contributed by atoms with Crippen LogP contribution in [0.15, 0.2) is 16.8 Å². The number of hydrogen-bond donors (Lipinski definition) is 3. The molecule has 0 aromatic carbocycles. The quantitative estimate of drug-likeness (QED) is 0.377. The van der Waals surface area contributed by atoms with E-state index in [1.165, 1.54) is 5.56 Å². The van der Waals surface area contributed by atoms with E-state index in [1.807, 2.05) is 7.05 Å². The zero-order valence-corrected chi connectivity index (χ0v) is 8.40. The summed E-state index contributed by atoms with van der Waals surface area (Å²) in [5.74, 6) is 0.0113. The van der Waals surface area contributed by atoms with Crippen LogP contribution in [0.4, 0.5) is 0 Å². The van der Waals surface area contributed by atoms with E-state index in [9.17, 15) is 0 Å². The highest BCUT2D eigenvalue weighted by molar-refractivity contribution is 7.07. The monoisotopic (exact) mass is 198 g/mol. The Kier molecular flexibility index (Phi) is 3.72. The van der Waals surface area contributed by atoms with Crippen molar-refractivity contribution in [3.8, 4) is 0 Å². The molecule has 13 heavy (non-hydrogen) atoms. The van der Waals surface area contributed by atoms with Gasteiger partial charge in [0.25, 0.3) is 0 Å². The van der Waals surface area contributed by atoms with Crippen molar-refractivity contribution in [3.63, 3.8) is 0 Å². The lowest BCUT2D eigenvalue weighted by Crippen LogP contribution is -2.38. The van der Waals surface area contributed by atoms with E-state index in [4.69, 9.17) is 11.1 Å². The minimum atomic E-state index is 0.0113. The number of nitrogens with zero attached hydrogens (tertiary/aromatic N) is 1. The van der Waals surface area contributed by atoms with Crippen molar-refractivity contribution < 1.29 is 0 Å². The van der Waals surface area contributed by atoms with Gasteiger partial charge in [-0.3, -0.25) is 10.3 Å². The van der Waals surface area contributed by atoms with E-state index < -0.39 is 0 Å². The van der Waals surface area contributed by atoms with Crippen molar-refractivity contribution >= 4 is 17.3 Å². The number of rotatable bonds is 4. The average molecular weight is 198 g/mol. The largest absolute Gasteiger partial charge is 0.370 e. The van der Waals surface area contributed by atoms with Gasteiger partial charge in [0.1, 0.15) is 0 Å². The molecule has 4 nitrogen and oxygen atoms in total. The maximum absolute atomic E-state index is 6.98. The lowest BCUT2D eigenvalue weighted by atomic mass is 10.3. The zero-order valence-electron chi connectivity index (χ0n) is 7.58. The molecule has 0 aliphatic carbocycles. The van der Waals surface area contributed by atoms with Crippen molar-refractivity contribution in [3.05, 3.63) is 22.4 Å². The van der Waals surface area contributed by atoms with Gasteiger partial charge in [-0.1, -0.05) is 0 Å². The summed E-state index contributed by atoms with van der Waals surface area (Å²) in [7, 11) is 1.98. The SMILES string of the molecule is CN(CNC(=N)N)Cc1ccsc1. The number of nitrogens with one attached hydrogen (secondary N) is 2. The highest BCUT2D eigenvalue weighted by atomic mass is 32.1. The Bertz CT molecular complexity index is 257. The Labute approximate surface area is 81.9 Å². The molecular formula is C8H14N4S. The highest BCUT2D eigenvalue weighted by Crippen LogP contribution is 2.07. The first kappa shape index (κ1) is 10.0. The maximum Gasteiger partial charge on any atom is 0.186 e. The molecule has 0 saturated carbocycles. The molecule has 0 fully saturated rings. The van der Waals surface area contributed by atoms with E-state index in [1.54, 1.807) is 11.3 Å². The lowest BCUT2D eigenvalue weighted by Gasteiger charge is -2.16. The molecule has 0 aliphatic heterocycles. The van der Waals surface area contributed by atoms with Gasteiger partial charge >= 0.3 is 0 Å². The van der Waals surface area contributed by atoms with Crippen LogP contribution in [0.25, 0.3) is 0 Å². The Balaban J connectivity index is 2.25. The van der Waals surface area contributed by atoms with Crippen LogP contribution < -0.4 is 11.1 Å². The van der Waals surface area contributed by atoms with Crippen LogP contribution in [0, 0.1) is 5.41 Å². The minimum absolute atomic E-state index is 0.0113. The summed E-state index contributed by atoms with van der Waals surface area (Å²) < 4.78 is 0. The second kappa shape index (κ2) is 4.84. The minimum Gasteiger partial charge on any atom is -0.370 e. The molecule has 1 heterocycles. The van der Waals surface area contributed by atoms with Crippen molar-refractivity contribution in [2.45, 2.75) is 6.54 Å². The molecular weight excluding hydrogens is 184 g/mol. The molecule has 0 saturated heterocycles. The molecule has 0 radical (unpaired) electrons. The standard InChI is InChI=1S/C8H14N4S/c1-12(6-11-8(9)10)4-7-2-3-13-5-7/h2-3,5H,4,6H2,1H3,(H4,9,10,11). The van der Waals surface area contributed by atoms with Crippen molar-refractivity contribution in [1.29, 1.82) is 5.41 Å². The third-order valence-corrected chi connectivity index (χ3v) is 2.30. The number of hydrogen-bond acceptors (Lipinski definition) is 3. The molecule has 1 rings (SSSR count). The van der Waals surface area contributed by atoms with E-state index in [2.05, 4.69) is 27.0 Å². The second-order valence-corrected chi connectivity index (χ2v) is 3.67. The third kappa shape index (κ3) is 3.91. The Morgan fingerprint density at radius 3 is 3.08 bits per heavy atom. The van der Waals surface area contributed by atoms with Crippen molar-refractivity contribution in [2.75, 3.05) is 13.7 Å². The summed E-state index contributed by atoms with van der Waals surface area (Å²) in [5.41, 5.74) is 6.45. The van der Waals surface area contributed by atoms with Gasteiger partial charge in [0.15, 0.2) is 5.96 Å². The number of guanidine groups is 1. The van der Waals surface area contributed by atoms with Gasteiger partial charge in [-0.2, -0.15) is 11.3 Å². The molecule has 1 aromatic heterocycles. The van der Waals surface area contributed by atoms with Gasteiger partial charge in [0.2, 0.25) is 0 Å². The molecule has 1 aromatic rings. The van der Waals surface area contributed by atoms with E-state index in [0.29, 0.717) is 6.67 Å². The van der Waals surface area contributed by atoms with E-state index in [-0.39, 0.29) is 5.96 Å². The molecule has 5 heteroatoms. The predicted octanol–water partition coefficient (Wildman–Crippen LogP) is 0.620. The fraction of sp³-hybridized carbons (Fsp3) is 0.375. The van der Waals surface area contributed by atoms with Gasteiger partial charge in [0.05, 0.1) is 6.67 Å². The van der Waals surface area contributed by atoms with Gasteiger partial charge in [-0.25, -0.2) is 0 Å². The van der Waals surface area contributed by atoms with Gasteiger partial charge in [-0.15, -0.1) is 0 Å². The summed E-state index contributed by atoms with van der Waals surface area (Å²) in [4.78, 5) is 2.06. The molecule has 72 valence electrons. The van der Waals surface area contributed by atoms with Crippen LogP contribution >= 0.6 is 11.3 Å². The highest BCUT2D eigenvalue weighted by Gasteiger charge is 1.99. The molecule has 0 amide bonds. The topological polar surface area (TPSA) is 65.1 Å². The third-order valence-electron chi connectivity index (χ3n) is 1.57. The number of thiophene rings is 1. The van der Waals surface area contributed by atoms with Crippen LogP contribution in [-0.4, -0.2) is 24.6 Å². The molecule has 0 unspecified atom stereocenters. The fourth-order valence-corrected chi connectivity index (χ4v) is 1.63. The molecule has 0 atom stereocenters. The van der Waals surface area contributed by atoms with Crippen molar-refractivity contribution in [2.24, 2.45) is 5.73 Å². The molecule has 0 spiro atoms. The van der Waals surface area contributed by atoms with Gasteiger partial charge in [-0.05, 0) is 29.4 Å². The lowest BCUT2D eigenvalue weighted by molar-refractivity contribution is 0.320. The fourth-order valence-electron chi connectivity index (χ4n) is 0.970. The summed E-state index contributed by atoms with van der Waals surface area (Å²) in [6, 6.07) is 2.09. The second-order valence-electron chi connectivity index (χ2n) is 2.89. The first-order valence-electron chi connectivity index (χ1n) is 3.96. The summed E-state index contributed by atoms with van der Waals surface area (Å²) >= 11 is 1.69. The Morgan fingerprint density at radius 1 is 1.77 bits per heavy atom. The van der Waals surface area contributed by atoms with Crippen molar-refractivity contribution in [1.82, 2.24) is 10.2 Å². The smallest absolute Gasteiger partial charge is 0.186 e. The summed E-state index contributed by atoms with van der Waals surface area (Å²) in [5, 5.41) is 13.9. The predicted molar refractivity (Wildman–Crippen MR) is 55.7 cm³/mol.